The first-order valence-corrected chi connectivity index (χ1v) is 19.4. The van der Waals surface area contributed by atoms with Crippen LogP contribution in [0.3, 0.4) is 0 Å². The van der Waals surface area contributed by atoms with E-state index in [9.17, 15) is 22.8 Å². The maximum Gasteiger partial charge on any atom is 0.434 e. The summed E-state index contributed by atoms with van der Waals surface area (Å²) in [6.45, 7) is 0.348. The van der Waals surface area contributed by atoms with Gasteiger partial charge in [-0.3, -0.25) is 19.1 Å². The standard InChI is InChI=1S/C35H43F4N8O5P/c1-50-29-15-25(36)24(14-26(29)37)27-13-21(28(16-41-27)46-12-6-11-35(40,18-46)31(48)32(38)39)17-47-20-44-30-33(42-19-43-34(30)47)45-53(49,51-22-7-2-3-8-22)52-23-9-4-5-10-23/h13-16,19-20,22-23,31-32,48H,2-12,17-18,40H2,1H3,(H,42,43,45,49)/t31-,35-/m1/s1. The summed E-state index contributed by atoms with van der Waals surface area (Å²) in [5.41, 5.74) is 6.37. The fourth-order valence-electron chi connectivity index (χ4n) is 7.59. The predicted octanol–water partition coefficient (Wildman–Crippen LogP) is 6.59. The Morgan fingerprint density at radius 1 is 1.00 bits per heavy atom. The predicted molar refractivity (Wildman–Crippen MR) is 189 cm³/mol. The van der Waals surface area contributed by atoms with E-state index in [1.807, 2.05) is 0 Å². The molecule has 0 radical (unpaired) electrons. The molecule has 3 fully saturated rings. The molecule has 4 aromatic rings. The maximum atomic E-state index is 15.3. The number of nitrogens with one attached hydrogen (secondary N) is 1. The number of alkyl halides is 2. The van der Waals surface area contributed by atoms with Gasteiger partial charge in [0.25, 0.3) is 6.43 Å². The zero-order chi connectivity index (χ0) is 37.3. The number of nitrogens with two attached hydrogens (primary N) is 1. The van der Waals surface area contributed by atoms with E-state index in [1.165, 1.54) is 26.0 Å². The van der Waals surface area contributed by atoms with Crippen molar-refractivity contribution < 1.29 is 41.0 Å². The average Bonchev–Trinajstić information content (AvgIpc) is 3.93. The molecule has 2 aliphatic carbocycles. The molecule has 4 heterocycles. The highest BCUT2D eigenvalue weighted by atomic mass is 31.2. The number of rotatable bonds is 13. The van der Waals surface area contributed by atoms with Crippen LogP contribution in [0.5, 0.6) is 5.75 Å². The molecule has 0 spiro atoms. The van der Waals surface area contributed by atoms with Crippen molar-refractivity contribution in [3.8, 4) is 17.0 Å². The van der Waals surface area contributed by atoms with E-state index in [0.717, 1.165) is 63.5 Å². The molecular formula is C35H43F4N8O5P. The van der Waals surface area contributed by atoms with Gasteiger partial charge in [0.15, 0.2) is 28.5 Å². The minimum absolute atomic E-state index is 0.0539. The third-order valence-corrected chi connectivity index (χ3v) is 12.0. The van der Waals surface area contributed by atoms with E-state index in [-0.39, 0.29) is 60.1 Å². The van der Waals surface area contributed by atoms with E-state index in [1.54, 1.807) is 15.5 Å². The third kappa shape index (κ3) is 8.00. The Hall–Kier alpha value is -3.89. The average molecular weight is 763 g/mol. The van der Waals surface area contributed by atoms with Gasteiger partial charge in [-0.2, -0.15) is 0 Å². The lowest BCUT2D eigenvalue weighted by molar-refractivity contribution is -0.0529. The van der Waals surface area contributed by atoms with Crippen LogP contribution in [0.4, 0.5) is 29.1 Å². The minimum atomic E-state index is -3.88. The summed E-state index contributed by atoms with van der Waals surface area (Å²) in [5, 5.41) is 13.3. The van der Waals surface area contributed by atoms with Crippen LogP contribution in [0, 0.1) is 11.6 Å². The molecule has 53 heavy (non-hydrogen) atoms. The number of aromatic nitrogens is 5. The molecule has 0 amide bonds. The molecule has 0 bridgehead atoms. The number of methoxy groups -OCH3 is 1. The normalized spacial score (nSPS) is 20.9. The number of halogens is 4. The van der Waals surface area contributed by atoms with Crippen LogP contribution in [0.1, 0.15) is 69.8 Å². The van der Waals surface area contributed by atoms with Gasteiger partial charge >= 0.3 is 7.75 Å². The zero-order valence-corrected chi connectivity index (χ0v) is 30.2. The van der Waals surface area contributed by atoms with Gasteiger partial charge in [-0.1, -0.05) is 25.7 Å². The summed E-state index contributed by atoms with van der Waals surface area (Å²) >= 11 is 0. The Morgan fingerprint density at radius 2 is 1.70 bits per heavy atom. The van der Waals surface area contributed by atoms with E-state index >= 15 is 4.39 Å². The van der Waals surface area contributed by atoms with Gasteiger partial charge in [-0.15, -0.1) is 0 Å². The van der Waals surface area contributed by atoms with Gasteiger partial charge in [-0.25, -0.2) is 37.1 Å². The van der Waals surface area contributed by atoms with Crippen molar-refractivity contribution in [2.45, 2.75) is 101 Å². The van der Waals surface area contributed by atoms with Crippen LogP contribution < -0.4 is 20.5 Å². The molecule has 7 rings (SSSR count). The fraction of sp³-hybridized carbons (Fsp3) is 0.543. The quantitative estimate of drug-likeness (QED) is 0.0992. The highest BCUT2D eigenvalue weighted by molar-refractivity contribution is 7.55. The number of hydrogen-bond donors (Lipinski definition) is 3. The van der Waals surface area contributed by atoms with Crippen molar-refractivity contribution in [3.05, 3.63) is 54.2 Å². The lowest BCUT2D eigenvalue weighted by Crippen LogP contribution is -2.63. The summed E-state index contributed by atoms with van der Waals surface area (Å²) in [6, 6.07) is 3.49. The molecule has 1 aromatic carbocycles. The molecule has 2 saturated carbocycles. The highest BCUT2D eigenvalue weighted by Gasteiger charge is 2.43. The fourth-order valence-corrected chi connectivity index (χ4v) is 9.37. The van der Waals surface area contributed by atoms with Crippen LogP contribution in [0.25, 0.3) is 22.4 Å². The van der Waals surface area contributed by atoms with E-state index in [0.29, 0.717) is 29.9 Å². The molecule has 3 aromatic heterocycles. The van der Waals surface area contributed by atoms with Gasteiger partial charge in [0.05, 0.1) is 55.3 Å². The van der Waals surface area contributed by atoms with Gasteiger partial charge in [0.1, 0.15) is 18.2 Å². The molecule has 4 N–H and O–H groups in total. The number of anilines is 2. The first-order valence-electron chi connectivity index (χ1n) is 17.9. The number of aliphatic hydroxyl groups is 1. The molecule has 3 aliphatic rings. The van der Waals surface area contributed by atoms with Gasteiger partial charge in [0, 0.05) is 24.7 Å². The van der Waals surface area contributed by atoms with Crippen LogP contribution in [-0.2, 0) is 20.2 Å². The number of imidazole rings is 1. The SMILES string of the molecule is COc1cc(F)c(-c2cc(Cn3cnc4c(NP(=O)(OC5CCCC5)OC5CCCC5)ncnc43)c(N3CCC[C@](N)([C@H](O)C(F)F)C3)cn2)cc1F. The van der Waals surface area contributed by atoms with Crippen molar-refractivity contribution in [2.24, 2.45) is 5.73 Å². The van der Waals surface area contributed by atoms with E-state index in [2.05, 4.69) is 25.0 Å². The zero-order valence-electron chi connectivity index (χ0n) is 29.3. The maximum absolute atomic E-state index is 15.3. The smallest absolute Gasteiger partial charge is 0.434 e. The molecule has 1 saturated heterocycles. The number of nitrogens with zero attached hydrogens (tertiary/aromatic N) is 6. The third-order valence-electron chi connectivity index (χ3n) is 10.4. The lowest BCUT2D eigenvalue weighted by atomic mass is 9.84. The molecule has 18 heteroatoms. The number of fused-ring (bicyclic) bond motifs is 1. The highest BCUT2D eigenvalue weighted by Crippen LogP contribution is 2.54. The first kappa shape index (κ1) is 37.4. The lowest BCUT2D eigenvalue weighted by Gasteiger charge is -2.44. The monoisotopic (exact) mass is 762 g/mol. The summed E-state index contributed by atoms with van der Waals surface area (Å²) in [4.78, 5) is 19.6. The second-order valence-electron chi connectivity index (χ2n) is 14.1. The summed E-state index contributed by atoms with van der Waals surface area (Å²) in [7, 11) is -2.65. The van der Waals surface area contributed by atoms with Crippen molar-refractivity contribution in [3.63, 3.8) is 0 Å². The molecule has 13 nitrogen and oxygen atoms in total. The molecule has 286 valence electrons. The second-order valence-corrected chi connectivity index (χ2v) is 15.7. The molecule has 1 aliphatic heterocycles. The molecular weight excluding hydrogens is 719 g/mol. The Balaban J connectivity index is 1.25. The first-order chi connectivity index (χ1) is 25.4. The number of hydrogen-bond acceptors (Lipinski definition) is 11. The van der Waals surface area contributed by atoms with Crippen molar-refractivity contribution in [1.29, 1.82) is 0 Å². The topological polar surface area (TPSA) is 163 Å². The van der Waals surface area contributed by atoms with Gasteiger partial charge < -0.3 is 25.0 Å². The van der Waals surface area contributed by atoms with Crippen LogP contribution in [0.2, 0.25) is 0 Å². The van der Waals surface area contributed by atoms with Gasteiger partial charge in [0.2, 0.25) is 0 Å². The second kappa shape index (κ2) is 15.5. The van der Waals surface area contributed by atoms with E-state index in [4.69, 9.17) is 19.5 Å². The van der Waals surface area contributed by atoms with Crippen molar-refractivity contribution in [2.75, 3.05) is 30.2 Å². The van der Waals surface area contributed by atoms with Crippen molar-refractivity contribution >= 4 is 30.4 Å². The van der Waals surface area contributed by atoms with Gasteiger partial charge in [-0.05, 0) is 56.2 Å². The van der Waals surface area contributed by atoms with Crippen LogP contribution >= 0.6 is 7.75 Å². The minimum Gasteiger partial charge on any atom is -0.494 e. The molecule has 2 atom stereocenters. The van der Waals surface area contributed by atoms with Crippen molar-refractivity contribution in [1.82, 2.24) is 24.5 Å². The summed E-state index contributed by atoms with van der Waals surface area (Å²) in [5.74, 6) is -1.67. The Morgan fingerprint density at radius 3 is 2.36 bits per heavy atom. The largest absolute Gasteiger partial charge is 0.494 e. The molecule has 0 unspecified atom stereocenters. The number of benzene rings is 1. The van der Waals surface area contributed by atoms with E-state index < -0.39 is 37.4 Å². The summed E-state index contributed by atoms with van der Waals surface area (Å²) in [6.07, 6.45) is 6.32. The number of aliphatic hydroxyl groups excluding tert-OH is 1. The van der Waals surface area contributed by atoms with Crippen LogP contribution in [0.15, 0.2) is 37.1 Å². The summed E-state index contributed by atoms with van der Waals surface area (Å²) < 4.78 is 90.5. The Kier molecular flexibility index (Phi) is 10.9. The van der Waals surface area contributed by atoms with Crippen LogP contribution in [-0.4, -0.2) is 80.1 Å². The number of ether oxygens (including phenoxy) is 1. The number of piperidine rings is 1. The Bertz CT molecular complexity index is 1960. The Labute approximate surface area is 303 Å². The number of pyridine rings is 1.